The van der Waals surface area contributed by atoms with Gasteiger partial charge in [0.1, 0.15) is 0 Å². The summed E-state index contributed by atoms with van der Waals surface area (Å²) in [5, 5.41) is 9.52. The van der Waals surface area contributed by atoms with Crippen LogP contribution in [-0.4, -0.2) is 36.9 Å². The minimum Gasteiger partial charge on any atom is -0.462 e. The van der Waals surface area contributed by atoms with Crippen molar-refractivity contribution in [1.82, 2.24) is 0 Å². The Morgan fingerprint density at radius 2 is 2.16 bits per heavy atom. The quantitative estimate of drug-likeness (QED) is 0.637. The maximum absolute atomic E-state index is 11.8. The number of aliphatic hydroxyl groups excluding tert-OH is 1. The van der Waals surface area contributed by atoms with E-state index in [4.69, 9.17) is 10.5 Å². The van der Waals surface area contributed by atoms with Gasteiger partial charge in [0.05, 0.1) is 29.6 Å². The van der Waals surface area contributed by atoms with E-state index in [0.717, 1.165) is 31.6 Å². The van der Waals surface area contributed by atoms with Gasteiger partial charge in [-0.1, -0.05) is 6.07 Å². The minimum absolute atomic E-state index is 0.231. The molecule has 1 fully saturated rings. The number of carbonyl (C=O) groups is 1. The number of carbonyl (C=O) groups excluding carboxylic acids is 1. The number of anilines is 2. The Labute approximate surface area is 113 Å². The topological polar surface area (TPSA) is 75.8 Å². The molecule has 3 N–H and O–H groups in total. The molecule has 0 atom stereocenters. The first-order valence-corrected chi connectivity index (χ1v) is 6.62. The van der Waals surface area contributed by atoms with Crippen LogP contribution >= 0.6 is 0 Å². The monoisotopic (exact) mass is 264 g/mol. The largest absolute Gasteiger partial charge is 0.462 e. The lowest BCUT2D eigenvalue weighted by Crippen LogP contribution is -2.36. The van der Waals surface area contributed by atoms with E-state index in [9.17, 15) is 9.90 Å². The molecule has 19 heavy (non-hydrogen) atoms. The second kappa shape index (κ2) is 5.93. The van der Waals surface area contributed by atoms with Crippen LogP contribution in [0, 0.1) is 0 Å². The van der Waals surface area contributed by atoms with E-state index in [1.165, 1.54) is 0 Å². The van der Waals surface area contributed by atoms with Gasteiger partial charge in [-0.15, -0.1) is 0 Å². The highest BCUT2D eigenvalue weighted by molar-refractivity contribution is 5.98. The third-order valence-corrected chi connectivity index (χ3v) is 3.38. The number of rotatable bonds is 3. The molecule has 0 saturated carbocycles. The van der Waals surface area contributed by atoms with Crippen LogP contribution in [0.2, 0.25) is 0 Å². The van der Waals surface area contributed by atoms with Crippen LogP contribution in [0.1, 0.15) is 30.1 Å². The van der Waals surface area contributed by atoms with E-state index >= 15 is 0 Å². The van der Waals surface area contributed by atoms with Gasteiger partial charge in [0.15, 0.2) is 0 Å². The molecule has 0 spiro atoms. The number of benzene rings is 1. The normalized spacial score (nSPS) is 16.4. The van der Waals surface area contributed by atoms with Gasteiger partial charge in [0.25, 0.3) is 0 Å². The molecule has 1 saturated heterocycles. The lowest BCUT2D eigenvalue weighted by atomic mass is 10.1. The number of ether oxygens (including phenoxy) is 1. The average molecular weight is 264 g/mol. The molecule has 0 bridgehead atoms. The van der Waals surface area contributed by atoms with E-state index in [1.807, 2.05) is 12.1 Å². The molecule has 0 radical (unpaired) electrons. The number of hydrogen-bond acceptors (Lipinski definition) is 5. The minimum atomic E-state index is -0.390. The van der Waals surface area contributed by atoms with Crippen molar-refractivity contribution in [3.05, 3.63) is 23.8 Å². The molecule has 0 unspecified atom stereocenters. The van der Waals surface area contributed by atoms with Gasteiger partial charge in [0, 0.05) is 13.1 Å². The molecule has 2 rings (SSSR count). The van der Waals surface area contributed by atoms with Crippen molar-refractivity contribution in [2.75, 3.05) is 30.3 Å². The number of esters is 1. The lowest BCUT2D eigenvalue weighted by Gasteiger charge is -2.32. The predicted molar refractivity (Wildman–Crippen MR) is 74.3 cm³/mol. The Balaban J connectivity index is 2.22. The molecule has 1 aromatic carbocycles. The number of piperidine rings is 1. The van der Waals surface area contributed by atoms with Crippen LogP contribution in [0.15, 0.2) is 18.2 Å². The maximum atomic E-state index is 11.8. The van der Waals surface area contributed by atoms with Crippen molar-refractivity contribution >= 4 is 17.3 Å². The van der Waals surface area contributed by atoms with Crippen molar-refractivity contribution in [3.8, 4) is 0 Å². The highest BCUT2D eigenvalue weighted by Gasteiger charge is 2.21. The second-order valence-electron chi connectivity index (χ2n) is 4.68. The van der Waals surface area contributed by atoms with E-state index in [-0.39, 0.29) is 12.1 Å². The number of hydrogen-bond donors (Lipinski definition) is 2. The lowest BCUT2D eigenvalue weighted by molar-refractivity contribution is 0.0527. The van der Waals surface area contributed by atoms with Crippen LogP contribution in [0.25, 0.3) is 0 Å². The van der Waals surface area contributed by atoms with Gasteiger partial charge >= 0.3 is 5.97 Å². The summed E-state index contributed by atoms with van der Waals surface area (Å²) in [5.74, 6) is -0.390. The average Bonchev–Trinajstić information content (AvgIpc) is 2.40. The van der Waals surface area contributed by atoms with Crippen molar-refractivity contribution < 1.29 is 14.6 Å². The van der Waals surface area contributed by atoms with Crippen molar-refractivity contribution in [2.45, 2.75) is 25.9 Å². The number of nitrogens with zero attached hydrogens (tertiary/aromatic N) is 1. The van der Waals surface area contributed by atoms with Crippen molar-refractivity contribution in [1.29, 1.82) is 0 Å². The molecule has 1 aliphatic heterocycles. The summed E-state index contributed by atoms with van der Waals surface area (Å²) in [6.45, 7) is 3.59. The smallest absolute Gasteiger partial charge is 0.340 e. The number of nitrogens with two attached hydrogens (primary N) is 1. The Morgan fingerprint density at radius 3 is 2.79 bits per heavy atom. The Morgan fingerprint density at radius 1 is 1.47 bits per heavy atom. The zero-order chi connectivity index (χ0) is 13.8. The van der Waals surface area contributed by atoms with Crippen LogP contribution in [-0.2, 0) is 4.74 Å². The highest BCUT2D eigenvalue weighted by Crippen LogP contribution is 2.29. The maximum Gasteiger partial charge on any atom is 0.340 e. The van der Waals surface area contributed by atoms with Gasteiger partial charge in [-0.2, -0.15) is 0 Å². The van der Waals surface area contributed by atoms with Crippen LogP contribution in [0.4, 0.5) is 11.4 Å². The third kappa shape index (κ3) is 2.98. The van der Waals surface area contributed by atoms with E-state index in [2.05, 4.69) is 4.90 Å². The fourth-order valence-corrected chi connectivity index (χ4v) is 2.32. The molecule has 5 nitrogen and oxygen atoms in total. The molecule has 5 heteroatoms. The SMILES string of the molecule is CCOC(=O)c1cccc(N2CCC(O)CC2)c1N. The summed E-state index contributed by atoms with van der Waals surface area (Å²) >= 11 is 0. The molecule has 0 amide bonds. The molecular weight excluding hydrogens is 244 g/mol. The number of nitrogen functional groups attached to an aromatic ring is 1. The molecule has 1 aromatic rings. The van der Waals surface area contributed by atoms with Crippen LogP contribution in [0.5, 0.6) is 0 Å². The zero-order valence-corrected chi connectivity index (χ0v) is 11.1. The van der Waals surface area contributed by atoms with Crippen LogP contribution in [0.3, 0.4) is 0 Å². The van der Waals surface area contributed by atoms with E-state index < -0.39 is 0 Å². The van der Waals surface area contributed by atoms with Gasteiger partial charge in [-0.25, -0.2) is 4.79 Å². The zero-order valence-electron chi connectivity index (χ0n) is 11.1. The summed E-state index contributed by atoms with van der Waals surface area (Å²) in [5.41, 5.74) is 7.78. The summed E-state index contributed by atoms with van der Waals surface area (Å²) in [6.07, 6.45) is 1.22. The van der Waals surface area contributed by atoms with Gasteiger partial charge in [-0.05, 0) is 31.9 Å². The molecule has 104 valence electrons. The standard InChI is InChI=1S/C14H20N2O3/c1-2-19-14(18)11-4-3-5-12(13(11)15)16-8-6-10(17)7-9-16/h3-5,10,17H,2,6-9,15H2,1H3. The Bertz CT molecular complexity index is 454. The van der Waals surface area contributed by atoms with Crippen LogP contribution < -0.4 is 10.6 Å². The first-order chi connectivity index (χ1) is 9.13. The summed E-state index contributed by atoms with van der Waals surface area (Å²) in [4.78, 5) is 13.9. The second-order valence-corrected chi connectivity index (χ2v) is 4.68. The number of para-hydroxylation sites is 1. The van der Waals surface area contributed by atoms with E-state index in [0.29, 0.717) is 17.9 Å². The fourth-order valence-electron chi connectivity index (χ4n) is 2.32. The molecule has 0 aromatic heterocycles. The molecular formula is C14H20N2O3. The Kier molecular flexibility index (Phi) is 4.27. The molecule has 1 aliphatic rings. The van der Waals surface area contributed by atoms with Crippen molar-refractivity contribution in [2.24, 2.45) is 0 Å². The first-order valence-electron chi connectivity index (χ1n) is 6.62. The van der Waals surface area contributed by atoms with Gasteiger partial charge in [-0.3, -0.25) is 0 Å². The first kappa shape index (κ1) is 13.7. The molecule has 1 heterocycles. The summed E-state index contributed by atoms with van der Waals surface area (Å²) in [6, 6.07) is 5.38. The van der Waals surface area contributed by atoms with Gasteiger partial charge < -0.3 is 20.5 Å². The third-order valence-electron chi connectivity index (χ3n) is 3.38. The van der Waals surface area contributed by atoms with E-state index in [1.54, 1.807) is 13.0 Å². The highest BCUT2D eigenvalue weighted by atomic mass is 16.5. The Hall–Kier alpha value is -1.75. The summed E-state index contributed by atoms with van der Waals surface area (Å²) in [7, 11) is 0. The molecule has 0 aliphatic carbocycles. The van der Waals surface area contributed by atoms with Crippen molar-refractivity contribution in [3.63, 3.8) is 0 Å². The number of aliphatic hydroxyl groups is 1. The summed E-state index contributed by atoms with van der Waals surface area (Å²) < 4.78 is 4.99. The predicted octanol–water partition coefficient (Wildman–Crippen LogP) is 1.41. The fraction of sp³-hybridized carbons (Fsp3) is 0.500. The van der Waals surface area contributed by atoms with Gasteiger partial charge in [0.2, 0.25) is 0 Å².